The summed E-state index contributed by atoms with van der Waals surface area (Å²) in [6.45, 7) is 3.03. The molecule has 0 aromatic heterocycles. The van der Waals surface area contributed by atoms with Gasteiger partial charge in [0.2, 0.25) is 0 Å². The number of rotatable bonds is 7. The summed E-state index contributed by atoms with van der Waals surface area (Å²) < 4.78 is 37.4. The molecule has 0 bridgehead atoms. The standard InChI is InChI=1S/C20H22F2N2O3/c21-16-7-5-15(6-8-16)18(24-9-11-26-12-10-24)13-23-20(25)14-27-19-4-2-1-3-17(19)22/h1-8,18H,9-14H2,(H,23,25)/p+1/t18-/m0/s1. The van der Waals surface area contributed by atoms with Crippen molar-refractivity contribution in [3.8, 4) is 5.75 Å². The van der Waals surface area contributed by atoms with Gasteiger partial charge in [-0.25, -0.2) is 8.78 Å². The molecule has 1 atom stereocenters. The molecule has 144 valence electrons. The third-order valence-corrected chi connectivity index (χ3v) is 4.60. The Kier molecular flexibility index (Phi) is 6.73. The molecule has 2 aromatic rings. The summed E-state index contributed by atoms with van der Waals surface area (Å²) in [6, 6.07) is 12.3. The van der Waals surface area contributed by atoms with E-state index >= 15 is 0 Å². The number of carbonyl (C=O) groups is 1. The van der Waals surface area contributed by atoms with Crippen LogP contribution in [0, 0.1) is 11.6 Å². The van der Waals surface area contributed by atoms with E-state index in [0.29, 0.717) is 19.8 Å². The van der Waals surface area contributed by atoms with Crippen molar-refractivity contribution >= 4 is 5.91 Å². The number of ether oxygens (including phenoxy) is 2. The Hall–Kier alpha value is -2.51. The number of benzene rings is 2. The van der Waals surface area contributed by atoms with Crippen LogP contribution in [0.4, 0.5) is 8.78 Å². The average molecular weight is 377 g/mol. The van der Waals surface area contributed by atoms with Gasteiger partial charge in [0.05, 0.1) is 19.8 Å². The first-order valence-electron chi connectivity index (χ1n) is 8.95. The highest BCUT2D eigenvalue weighted by molar-refractivity contribution is 5.77. The maximum atomic E-state index is 13.5. The van der Waals surface area contributed by atoms with Gasteiger partial charge >= 0.3 is 0 Å². The molecule has 1 amide bonds. The van der Waals surface area contributed by atoms with E-state index in [0.717, 1.165) is 18.7 Å². The second kappa shape index (κ2) is 9.43. The molecule has 7 heteroatoms. The molecule has 1 fully saturated rings. The van der Waals surface area contributed by atoms with E-state index < -0.39 is 5.82 Å². The molecule has 1 saturated heterocycles. The smallest absolute Gasteiger partial charge is 0.258 e. The zero-order valence-electron chi connectivity index (χ0n) is 14.9. The van der Waals surface area contributed by atoms with Crippen LogP contribution in [0.15, 0.2) is 48.5 Å². The zero-order chi connectivity index (χ0) is 19.1. The zero-order valence-corrected chi connectivity index (χ0v) is 14.9. The molecule has 0 saturated carbocycles. The number of morpholine rings is 1. The molecule has 1 heterocycles. The van der Waals surface area contributed by atoms with Crippen molar-refractivity contribution in [3.05, 3.63) is 65.7 Å². The maximum Gasteiger partial charge on any atom is 0.258 e. The normalized spacial score (nSPS) is 15.9. The minimum atomic E-state index is -0.507. The van der Waals surface area contributed by atoms with E-state index in [1.165, 1.54) is 29.2 Å². The predicted molar refractivity (Wildman–Crippen MR) is 95.6 cm³/mol. The number of amides is 1. The van der Waals surface area contributed by atoms with Gasteiger partial charge in [0.15, 0.2) is 18.2 Å². The van der Waals surface area contributed by atoms with Crippen LogP contribution >= 0.6 is 0 Å². The SMILES string of the molecule is O=C(COc1ccccc1F)NC[C@@H](c1ccc(F)cc1)[NH+]1CCOCC1. The van der Waals surface area contributed by atoms with Gasteiger partial charge < -0.3 is 19.7 Å². The monoisotopic (exact) mass is 377 g/mol. The number of quaternary nitrogens is 1. The summed E-state index contributed by atoms with van der Waals surface area (Å²) in [4.78, 5) is 13.4. The van der Waals surface area contributed by atoms with E-state index in [-0.39, 0.29) is 30.1 Å². The van der Waals surface area contributed by atoms with E-state index in [2.05, 4.69) is 5.32 Å². The molecule has 5 nitrogen and oxygen atoms in total. The van der Waals surface area contributed by atoms with Crippen LogP contribution in [0.5, 0.6) is 5.75 Å². The van der Waals surface area contributed by atoms with E-state index in [4.69, 9.17) is 9.47 Å². The lowest BCUT2D eigenvalue weighted by Gasteiger charge is -2.32. The summed E-state index contributed by atoms with van der Waals surface area (Å²) >= 11 is 0. The largest absolute Gasteiger partial charge is 0.481 e. The molecular weight excluding hydrogens is 354 g/mol. The molecule has 1 aliphatic heterocycles. The molecule has 2 N–H and O–H groups in total. The second-order valence-electron chi connectivity index (χ2n) is 6.40. The molecule has 1 aliphatic rings. The minimum absolute atomic E-state index is 0.0214. The Morgan fingerprint density at radius 1 is 1.11 bits per heavy atom. The fourth-order valence-corrected chi connectivity index (χ4v) is 3.15. The fourth-order valence-electron chi connectivity index (χ4n) is 3.15. The van der Waals surface area contributed by atoms with E-state index in [1.807, 2.05) is 0 Å². The Balaban J connectivity index is 1.59. The van der Waals surface area contributed by atoms with Crippen molar-refractivity contribution in [1.82, 2.24) is 5.32 Å². The fraction of sp³-hybridized carbons (Fsp3) is 0.350. The molecular formula is C20H23F2N2O3+. The average Bonchev–Trinajstić information content (AvgIpc) is 2.69. The Labute approximate surface area is 156 Å². The number of halogens is 2. The van der Waals surface area contributed by atoms with Crippen molar-refractivity contribution in [2.45, 2.75) is 6.04 Å². The Morgan fingerprint density at radius 3 is 2.52 bits per heavy atom. The molecule has 0 unspecified atom stereocenters. The van der Waals surface area contributed by atoms with Crippen LogP contribution in [-0.4, -0.2) is 45.4 Å². The van der Waals surface area contributed by atoms with Crippen LogP contribution in [0.3, 0.4) is 0 Å². The van der Waals surface area contributed by atoms with Crippen LogP contribution in [0.2, 0.25) is 0 Å². The van der Waals surface area contributed by atoms with Crippen molar-refractivity contribution in [3.63, 3.8) is 0 Å². The second-order valence-corrected chi connectivity index (χ2v) is 6.40. The van der Waals surface area contributed by atoms with Crippen LogP contribution < -0.4 is 15.0 Å². The summed E-state index contributed by atoms with van der Waals surface area (Å²) in [6.07, 6.45) is 0. The van der Waals surface area contributed by atoms with Crippen molar-refractivity contribution in [2.24, 2.45) is 0 Å². The molecule has 2 aromatic carbocycles. The highest BCUT2D eigenvalue weighted by atomic mass is 19.1. The van der Waals surface area contributed by atoms with Crippen LogP contribution in [-0.2, 0) is 9.53 Å². The summed E-state index contributed by atoms with van der Waals surface area (Å²) in [7, 11) is 0. The van der Waals surface area contributed by atoms with Gasteiger partial charge in [-0.3, -0.25) is 4.79 Å². The van der Waals surface area contributed by atoms with Gasteiger partial charge in [0, 0.05) is 5.56 Å². The Morgan fingerprint density at radius 2 is 1.81 bits per heavy atom. The summed E-state index contributed by atoms with van der Waals surface area (Å²) in [5.41, 5.74) is 0.948. The lowest BCUT2D eigenvalue weighted by atomic mass is 10.0. The van der Waals surface area contributed by atoms with Crippen molar-refractivity contribution in [2.75, 3.05) is 39.5 Å². The first-order valence-corrected chi connectivity index (χ1v) is 8.95. The third kappa shape index (κ3) is 5.48. The van der Waals surface area contributed by atoms with Gasteiger partial charge in [-0.1, -0.05) is 24.3 Å². The maximum absolute atomic E-state index is 13.5. The molecule has 27 heavy (non-hydrogen) atoms. The number of carbonyl (C=O) groups excluding carboxylic acids is 1. The van der Waals surface area contributed by atoms with Gasteiger partial charge in [-0.2, -0.15) is 0 Å². The number of hydrogen-bond acceptors (Lipinski definition) is 3. The van der Waals surface area contributed by atoms with Crippen molar-refractivity contribution < 1.29 is 27.9 Å². The quantitative estimate of drug-likeness (QED) is 0.760. The summed E-state index contributed by atoms with van der Waals surface area (Å²) in [5, 5.41) is 2.84. The highest BCUT2D eigenvalue weighted by Crippen LogP contribution is 2.15. The number of para-hydroxylation sites is 1. The van der Waals surface area contributed by atoms with Crippen molar-refractivity contribution in [1.29, 1.82) is 0 Å². The van der Waals surface area contributed by atoms with Crippen LogP contribution in [0.25, 0.3) is 0 Å². The molecule has 0 spiro atoms. The minimum Gasteiger partial charge on any atom is -0.481 e. The third-order valence-electron chi connectivity index (χ3n) is 4.60. The van der Waals surface area contributed by atoms with Gasteiger partial charge in [-0.05, 0) is 24.3 Å². The molecule has 3 rings (SSSR count). The molecule has 0 radical (unpaired) electrons. The molecule has 0 aliphatic carbocycles. The predicted octanol–water partition coefficient (Wildman–Crippen LogP) is 1.12. The van der Waals surface area contributed by atoms with Gasteiger partial charge in [-0.15, -0.1) is 0 Å². The van der Waals surface area contributed by atoms with E-state index in [9.17, 15) is 13.6 Å². The summed E-state index contributed by atoms with van der Waals surface area (Å²) in [5.74, 6) is -1.09. The number of hydrogen-bond donors (Lipinski definition) is 2. The van der Waals surface area contributed by atoms with Crippen LogP contribution in [0.1, 0.15) is 11.6 Å². The Bertz CT molecular complexity index is 749. The topological polar surface area (TPSA) is 52.0 Å². The first kappa shape index (κ1) is 19.3. The highest BCUT2D eigenvalue weighted by Gasteiger charge is 2.27. The lowest BCUT2D eigenvalue weighted by molar-refractivity contribution is -0.937. The van der Waals surface area contributed by atoms with Gasteiger partial charge in [0.25, 0.3) is 5.91 Å². The lowest BCUT2D eigenvalue weighted by Crippen LogP contribution is -3.15. The van der Waals surface area contributed by atoms with Gasteiger partial charge in [0.1, 0.15) is 24.9 Å². The first-order chi connectivity index (χ1) is 13.1. The number of nitrogens with one attached hydrogen (secondary N) is 2. The van der Waals surface area contributed by atoms with E-state index in [1.54, 1.807) is 24.3 Å².